The van der Waals surface area contributed by atoms with Crippen molar-refractivity contribution in [3.63, 3.8) is 0 Å². The molecule has 0 bridgehead atoms. The molecule has 0 aliphatic heterocycles. The number of unbranched alkanes of at least 4 members (excludes halogenated alkanes) is 2. The van der Waals surface area contributed by atoms with Gasteiger partial charge in [-0.25, -0.2) is 0 Å². The van der Waals surface area contributed by atoms with Crippen molar-refractivity contribution in [2.24, 2.45) is 0 Å². The Morgan fingerprint density at radius 3 is 2.84 bits per heavy atom. The zero-order valence-electron chi connectivity index (χ0n) is 13.8. The lowest BCUT2D eigenvalue weighted by molar-refractivity contribution is 0.236. The van der Waals surface area contributed by atoms with Gasteiger partial charge in [-0.2, -0.15) is 0 Å². The molecule has 2 aromatic heterocycles. The number of benzene rings is 1. The molecule has 0 amide bonds. The van der Waals surface area contributed by atoms with Crippen LogP contribution in [0, 0.1) is 0 Å². The molecule has 3 aromatic rings. The lowest BCUT2D eigenvalue weighted by Gasteiger charge is -2.07. The van der Waals surface area contributed by atoms with Crippen molar-refractivity contribution < 1.29 is 14.3 Å². The summed E-state index contributed by atoms with van der Waals surface area (Å²) in [5.74, 6) is 0.420. The number of hydrogen-bond donors (Lipinski definition) is 1. The van der Waals surface area contributed by atoms with Gasteiger partial charge in [-0.3, -0.25) is 4.79 Å². The van der Waals surface area contributed by atoms with Crippen molar-refractivity contribution in [1.82, 2.24) is 4.57 Å². The summed E-state index contributed by atoms with van der Waals surface area (Å²) in [4.78, 5) is 11.7. The van der Waals surface area contributed by atoms with Crippen molar-refractivity contribution in [1.29, 1.82) is 0 Å². The monoisotopic (exact) mass is 361 g/mol. The average Bonchev–Trinajstić information content (AvgIpc) is 3.01. The Morgan fingerprint density at radius 1 is 1.16 bits per heavy atom. The Labute approximate surface area is 150 Å². The van der Waals surface area contributed by atoms with E-state index in [1.54, 1.807) is 0 Å². The Balaban J connectivity index is 1.42. The van der Waals surface area contributed by atoms with Gasteiger partial charge in [-0.15, -0.1) is 0 Å². The smallest absolute Gasteiger partial charge is 0.227 e. The maximum atomic E-state index is 11.7. The van der Waals surface area contributed by atoms with Crippen LogP contribution < -0.4 is 10.2 Å². The van der Waals surface area contributed by atoms with Gasteiger partial charge in [0.1, 0.15) is 18.6 Å². The van der Waals surface area contributed by atoms with Crippen LogP contribution in [0.15, 0.2) is 52.0 Å². The van der Waals surface area contributed by atoms with Crippen molar-refractivity contribution in [3.8, 4) is 5.75 Å². The van der Waals surface area contributed by atoms with Gasteiger partial charge in [0.15, 0.2) is 0 Å². The van der Waals surface area contributed by atoms with Gasteiger partial charge >= 0.3 is 0 Å². The first-order valence-electron chi connectivity index (χ1n) is 8.27. The van der Waals surface area contributed by atoms with Crippen LogP contribution in [0.25, 0.3) is 10.9 Å². The van der Waals surface area contributed by atoms with Gasteiger partial charge < -0.3 is 18.8 Å². The molecule has 0 saturated heterocycles. The van der Waals surface area contributed by atoms with Crippen LogP contribution in [0.2, 0.25) is 5.02 Å². The third kappa shape index (κ3) is 4.44. The lowest BCUT2D eigenvalue weighted by atomic mass is 10.2. The molecule has 1 aromatic carbocycles. The Hall–Kier alpha value is -2.24. The van der Waals surface area contributed by atoms with Crippen molar-refractivity contribution in [2.75, 3.05) is 6.61 Å². The summed E-state index contributed by atoms with van der Waals surface area (Å²) in [7, 11) is 0. The molecule has 0 saturated carbocycles. The first-order valence-corrected chi connectivity index (χ1v) is 8.65. The molecule has 3 rings (SSSR count). The minimum absolute atomic E-state index is 0.186. The zero-order valence-corrected chi connectivity index (χ0v) is 14.5. The Morgan fingerprint density at radius 2 is 2.04 bits per heavy atom. The SMILES string of the molecule is O=c1cc(CO)occ1OCCCCCn1ccc2cc(Cl)ccc21. The van der Waals surface area contributed by atoms with Crippen molar-refractivity contribution in [3.05, 3.63) is 63.8 Å². The van der Waals surface area contributed by atoms with Crippen LogP contribution in [-0.2, 0) is 13.2 Å². The van der Waals surface area contributed by atoms with Crippen molar-refractivity contribution in [2.45, 2.75) is 32.4 Å². The highest BCUT2D eigenvalue weighted by Crippen LogP contribution is 2.21. The molecular formula is C19H20ClNO4. The van der Waals surface area contributed by atoms with E-state index in [1.165, 1.54) is 17.8 Å². The number of halogens is 1. The number of fused-ring (bicyclic) bond motifs is 1. The van der Waals surface area contributed by atoms with Crippen LogP contribution in [0.5, 0.6) is 5.75 Å². The normalized spacial score (nSPS) is 11.1. The van der Waals surface area contributed by atoms with E-state index in [2.05, 4.69) is 16.8 Å². The number of aromatic nitrogens is 1. The number of aryl methyl sites for hydroxylation is 1. The molecule has 0 aliphatic rings. The maximum absolute atomic E-state index is 11.7. The molecule has 132 valence electrons. The number of hydrogen-bond acceptors (Lipinski definition) is 4. The van der Waals surface area contributed by atoms with E-state index in [-0.39, 0.29) is 23.5 Å². The maximum Gasteiger partial charge on any atom is 0.227 e. The molecule has 0 spiro atoms. The third-order valence-electron chi connectivity index (χ3n) is 4.04. The number of ether oxygens (including phenoxy) is 1. The predicted octanol–water partition coefficient (Wildman–Crippen LogP) is 3.99. The minimum atomic E-state index is -0.296. The lowest BCUT2D eigenvalue weighted by Crippen LogP contribution is -2.09. The molecule has 0 radical (unpaired) electrons. The standard InChI is InChI=1S/C19H20ClNO4/c20-15-4-5-17-14(10-15)6-8-21(17)7-2-1-3-9-24-19-13-25-16(12-22)11-18(19)23/h4-6,8,10-11,13,22H,1-3,7,9,12H2. The van der Waals surface area contributed by atoms with E-state index in [0.717, 1.165) is 36.2 Å². The predicted molar refractivity (Wildman–Crippen MR) is 97.2 cm³/mol. The number of rotatable bonds is 8. The van der Waals surface area contributed by atoms with Gasteiger partial charge in [0.05, 0.1) is 6.61 Å². The topological polar surface area (TPSA) is 64.6 Å². The zero-order chi connectivity index (χ0) is 17.6. The van der Waals surface area contributed by atoms with Crippen LogP contribution in [0.4, 0.5) is 0 Å². The fraction of sp³-hybridized carbons (Fsp3) is 0.316. The Kier molecular flexibility index (Phi) is 5.79. The number of aliphatic hydroxyl groups is 1. The molecule has 0 fully saturated rings. The second kappa shape index (κ2) is 8.23. The second-order valence-electron chi connectivity index (χ2n) is 5.85. The van der Waals surface area contributed by atoms with Gasteiger partial charge in [-0.05, 0) is 43.5 Å². The van der Waals surface area contributed by atoms with E-state index in [9.17, 15) is 4.79 Å². The first kappa shape index (κ1) is 17.6. The Bertz CT molecular complexity index is 900. The molecular weight excluding hydrogens is 342 g/mol. The van der Waals surface area contributed by atoms with Crippen LogP contribution >= 0.6 is 11.6 Å². The average molecular weight is 362 g/mol. The first-order chi connectivity index (χ1) is 12.2. The van der Waals surface area contributed by atoms with E-state index < -0.39 is 0 Å². The quantitative estimate of drug-likeness (QED) is 0.616. The molecule has 25 heavy (non-hydrogen) atoms. The summed E-state index contributed by atoms with van der Waals surface area (Å²) in [5.41, 5.74) is 0.912. The van der Waals surface area contributed by atoms with Gasteiger partial charge in [-0.1, -0.05) is 11.6 Å². The van der Waals surface area contributed by atoms with Gasteiger partial charge in [0.25, 0.3) is 0 Å². The summed E-state index contributed by atoms with van der Waals surface area (Å²) in [5, 5.41) is 10.8. The van der Waals surface area contributed by atoms with Crippen molar-refractivity contribution >= 4 is 22.5 Å². The molecule has 1 N–H and O–H groups in total. The van der Waals surface area contributed by atoms with Gasteiger partial charge in [0, 0.05) is 34.7 Å². The van der Waals surface area contributed by atoms with Gasteiger partial charge in [0.2, 0.25) is 11.2 Å². The highest BCUT2D eigenvalue weighted by Gasteiger charge is 2.04. The molecule has 0 aliphatic carbocycles. The third-order valence-corrected chi connectivity index (χ3v) is 4.28. The molecule has 0 atom stereocenters. The highest BCUT2D eigenvalue weighted by atomic mass is 35.5. The van der Waals surface area contributed by atoms with Crippen LogP contribution in [0.3, 0.4) is 0 Å². The summed E-state index contributed by atoms with van der Waals surface area (Å²) >= 11 is 6.00. The van der Waals surface area contributed by atoms with E-state index in [4.69, 9.17) is 25.9 Å². The van der Waals surface area contributed by atoms with Crippen LogP contribution in [-0.4, -0.2) is 16.3 Å². The molecule has 5 nitrogen and oxygen atoms in total. The summed E-state index contributed by atoms with van der Waals surface area (Å²) in [6, 6.07) is 9.23. The summed E-state index contributed by atoms with van der Waals surface area (Å²) < 4.78 is 12.7. The minimum Gasteiger partial charge on any atom is -0.487 e. The largest absolute Gasteiger partial charge is 0.487 e. The summed E-state index contributed by atoms with van der Waals surface area (Å²) in [6.07, 6.45) is 6.20. The number of nitrogens with zero attached hydrogens (tertiary/aromatic N) is 1. The van der Waals surface area contributed by atoms with E-state index in [1.807, 2.05) is 18.2 Å². The molecule has 0 unspecified atom stereocenters. The number of aliphatic hydroxyl groups excluding tert-OH is 1. The van der Waals surface area contributed by atoms with Crippen LogP contribution in [0.1, 0.15) is 25.0 Å². The van der Waals surface area contributed by atoms with E-state index in [0.29, 0.717) is 6.61 Å². The fourth-order valence-electron chi connectivity index (χ4n) is 2.74. The highest BCUT2D eigenvalue weighted by molar-refractivity contribution is 6.31. The summed E-state index contributed by atoms with van der Waals surface area (Å²) in [6.45, 7) is 1.10. The van der Waals surface area contributed by atoms with E-state index >= 15 is 0 Å². The second-order valence-corrected chi connectivity index (χ2v) is 6.29. The molecule has 6 heteroatoms. The molecule has 2 heterocycles. The fourth-order valence-corrected chi connectivity index (χ4v) is 2.92.